The van der Waals surface area contributed by atoms with Crippen LogP contribution in [0.25, 0.3) is 5.65 Å². The van der Waals surface area contributed by atoms with Gasteiger partial charge in [0.15, 0.2) is 11.5 Å². The minimum Gasteiger partial charge on any atom is -0.376 e. The fraction of sp³-hybridized carbons (Fsp3) is 0.188. The number of benzene rings is 1. The molecule has 0 saturated carbocycles. The Labute approximate surface area is 133 Å². The Bertz CT molecular complexity index is 826. The van der Waals surface area contributed by atoms with E-state index in [1.54, 1.807) is 0 Å². The van der Waals surface area contributed by atoms with Crippen LogP contribution in [0.3, 0.4) is 0 Å². The van der Waals surface area contributed by atoms with Crippen LogP contribution in [0.15, 0.2) is 48.7 Å². The molecule has 0 unspecified atom stereocenters. The number of fused-ring (bicyclic) bond motifs is 1. The van der Waals surface area contributed by atoms with Gasteiger partial charge >= 0.3 is 6.03 Å². The smallest absolute Gasteiger partial charge is 0.319 e. The Morgan fingerprint density at radius 3 is 2.74 bits per heavy atom. The van der Waals surface area contributed by atoms with Gasteiger partial charge in [0.2, 0.25) is 0 Å². The maximum Gasteiger partial charge on any atom is 0.319 e. The van der Waals surface area contributed by atoms with Gasteiger partial charge in [-0.25, -0.2) is 4.79 Å². The first kappa shape index (κ1) is 14.8. The predicted octanol–water partition coefficient (Wildman–Crippen LogP) is 2.12. The number of aromatic nitrogens is 3. The van der Waals surface area contributed by atoms with E-state index in [4.69, 9.17) is 0 Å². The minimum atomic E-state index is -0.285. The molecule has 0 bridgehead atoms. The largest absolute Gasteiger partial charge is 0.376 e. The Hall–Kier alpha value is -3.09. The highest BCUT2D eigenvalue weighted by Gasteiger charge is 2.09. The normalized spacial score (nSPS) is 10.5. The molecule has 7 heteroatoms. The number of amides is 2. The van der Waals surface area contributed by atoms with E-state index in [0.29, 0.717) is 12.4 Å². The molecule has 1 aromatic carbocycles. The highest BCUT2D eigenvalue weighted by molar-refractivity contribution is 5.93. The average Bonchev–Trinajstić information content (AvgIpc) is 2.96. The molecule has 23 heavy (non-hydrogen) atoms. The van der Waals surface area contributed by atoms with Crippen molar-refractivity contribution in [2.75, 3.05) is 24.3 Å². The molecule has 3 rings (SSSR count). The molecule has 3 aromatic rings. The van der Waals surface area contributed by atoms with Crippen molar-refractivity contribution in [3.05, 3.63) is 54.5 Å². The van der Waals surface area contributed by atoms with E-state index >= 15 is 0 Å². The molecule has 0 aliphatic heterocycles. The summed E-state index contributed by atoms with van der Waals surface area (Å²) in [4.78, 5) is 14.1. The summed E-state index contributed by atoms with van der Waals surface area (Å²) in [6, 6.07) is 13.0. The number of hydrogen-bond acceptors (Lipinski definition) is 4. The molecule has 7 nitrogen and oxygen atoms in total. The molecule has 0 atom stereocenters. The molecule has 2 heterocycles. The lowest BCUT2D eigenvalue weighted by Gasteiger charge is -2.17. The van der Waals surface area contributed by atoms with Crippen molar-refractivity contribution in [2.24, 2.45) is 0 Å². The first-order valence-electron chi connectivity index (χ1n) is 7.25. The van der Waals surface area contributed by atoms with Crippen LogP contribution in [0, 0.1) is 0 Å². The van der Waals surface area contributed by atoms with Gasteiger partial charge in [-0.1, -0.05) is 18.2 Å². The van der Waals surface area contributed by atoms with Crippen LogP contribution in [-0.4, -0.2) is 34.7 Å². The van der Waals surface area contributed by atoms with Crippen LogP contribution in [0.4, 0.5) is 16.2 Å². The lowest BCUT2D eigenvalue weighted by Crippen LogP contribution is -2.29. The molecule has 0 radical (unpaired) electrons. The Morgan fingerprint density at radius 2 is 1.91 bits per heavy atom. The number of carbonyl (C=O) groups excluding carboxylic acids is 1. The monoisotopic (exact) mass is 310 g/mol. The maximum absolute atomic E-state index is 12.1. The topological polar surface area (TPSA) is 74.6 Å². The van der Waals surface area contributed by atoms with Crippen molar-refractivity contribution in [3.63, 3.8) is 0 Å². The van der Waals surface area contributed by atoms with Crippen molar-refractivity contribution in [2.45, 2.75) is 6.54 Å². The van der Waals surface area contributed by atoms with Gasteiger partial charge < -0.3 is 15.5 Å². The van der Waals surface area contributed by atoms with Gasteiger partial charge in [-0.3, -0.25) is 4.40 Å². The standard InChI is InChI=1S/C16H18N6O/c1-21(2)13-8-4-3-7-12(13)18-16(23)17-11-15-20-19-14-9-5-6-10-22(14)15/h3-10H,11H2,1-2H3,(H2,17,18,23). The second-order valence-electron chi connectivity index (χ2n) is 5.26. The summed E-state index contributed by atoms with van der Waals surface area (Å²) in [6.07, 6.45) is 1.87. The average molecular weight is 310 g/mol. The van der Waals surface area contributed by atoms with Gasteiger partial charge in [0.05, 0.1) is 17.9 Å². The van der Waals surface area contributed by atoms with Crippen LogP contribution >= 0.6 is 0 Å². The molecule has 0 aliphatic carbocycles. The third-order valence-electron chi connectivity index (χ3n) is 3.43. The molecule has 0 aliphatic rings. The quantitative estimate of drug-likeness (QED) is 0.774. The summed E-state index contributed by atoms with van der Waals surface area (Å²) in [5.41, 5.74) is 2.44. The van der Waals surface area contributed by atoms with E-state index in [-0.39, 0.29) is 6.03 Å². The zero-order valence-electron chi connectivity index (χ0n) is 13.0. The van der Waals surface area contributed by atoms with Crippen LogP contribution in [0.1, 0.15) is 5.82 Å². The zero-order valence-corrected chi connectivity index (χ0v) is 13.0. The number of anilines is 2. The molecule has 2 aromatic heterocycles. The highest BCUT2D eigenvalue weighted by atomic mass is 16.2. The van der Waals surface area contributed by atoms with E-state index in [9.17, 15) is 4.79 Å². The highest BCUT2D eigenvalue weighted by Crippen LogP contribution is 2.23. The number of hydrogen-bond donors (Lipinski definition) is 2. The van der Waals surface area contributed by atoms with Gasteiger partial charge in [-0.15, -0.1) is 10.2 Å². The maximum atomic E-state index is 12.1. The molecule has 0 saturated heterocycles. The molecule has 118 valence electrons. The van der Waals surface area contributed by atoms with E-state index in [2.05, 4.69) is 20.8 Å². The van der Waals surface area contributed by atoms with Crippen molar-refractivity contribution >= 4 is 23.1 Å². The molecule has 0 spiro atoms. The van der Waals surface area contributed by atoms with Crippen LogP contribution in [0.5, 0.6) is 0 Å². The summed E-state index contributed by atoms with van der Waals surface area (Å²) in [5.74, 6) is 0.677. The predicted molar refractivity (Wildman–Crippen MR) is 89.6 cm³/mol. The first-order chi connectivity index (χ1) is 11.1. The number of pyridine rings is 1. The third-order valence-corrected chi connectivity index (χ3v) is 3.43. The Morgan fingerprint density at radius 1 is 1.13 bits per heavy atom. The first-order valence-corrected chi connectivity index (χ1v) is 7.25. The molecule has 0 fully saturated rings. The number of para-hydroxylation sites is 2. The number of carbonyl (C=O) groups is 1. The van der Waals surface area contributed by atoms with Gasteiger partial charge in [0.25, 0.3) is 0 Å². The van der Waals surface area contributed by atoms with Gasteiger partial charge in [-0.2, -0.15) is 0 Å². The van der Waals surface area contributed by atoms with Crippen LogP contribution in [0.2, 0.25) is 0 Å². The van der Waals surface area contributed by atoms with Crippen molar-refractivity contribution in [1.82, 2.24) is 19.9 Å². The van der Waals surface area contributed by atoms with Gasteiger partial charge in [0.1, 0.15) is 0 Å². The summed E-state index contributed by atoms with van der Waals surface area (Å²) in [5, 5.41) is 13.8. The van der Waals surface area contributed by atoms with Crippen LogP contribution in [-0.2, 0) is 6.54 Å². The van der Waals surface area contributed by atoms with Crippen molar-refractivity contribution < 1.29 is 4.79 Å². The summed E-state index contributed by atoms with van der Waals surface area (Å²) < 4.78 is 1.84. The lowest BCUT2D eigenvalue weighted by molar-refractivity contribution is 0.251. The fourth-order valence-corrected chi connectivity index (χ4v) is 2.31. The van der Waals surface area contributed by atoms with Crippen LogP contribution < -0.4 is 15.5 Å². The van der Waals surface area contributed by atoms with Crippen molar-refractivity contribution in [3.8, 4) is 0 Å². The number of urea groups is 1. The Balaban J connectivity index is 1.66. The minimum absolute atomic E-state index is 0.285. The zero-order chi connectivity index (χ0) is 16.2. The van der Waals surface area contributed by atoms with E-state index < -0.39 is 0 Å². The number of nitrogens with one attached hydrogen (secondary N) is 2. The molecular formula is C16H18N6O. The summed E-state index contributed by atoms with van der Waals surface area (Å²) in [6.45, 7) is 0.293. The third kappa shape index (κ3) is 3.23. The van der Waals surface area contributed by atoms with Gasteiger partial charge in [0, 0.05) is 20.3 Å². The fourth-order valence-electron chi connectivity index (χ4n) is 2.31. The Kier molecular flexibility index (Phi) is 4.09. The summed E-state index contributed by atoms with van der Waals surface area (Å²) in [7, 11) is 3.86. The SMILES string of the molecule is CN(C)c1ccccc1NC(=O)NCc1nnc2ccccn12. The molecular weight excluding hydrogens is 292 g/mol. The lowest BCUT2D eigenvalue weighted by atomic mass is 10.2. The second kappa shape index (κ2) is 6.35. The van der Waals surface area contributed by atoms with E-state index in [0.717, 1.165) is 17.0 Å². The molecule has 2 N–H and O–H groups in total. The number of rotatable bonds is 4. The molecule has 2 amide bonds. The van der Waals surface area contributed by atoms with E-state index in [1.807, 2.05) is 72.1 Å². The van der Waals surface area contributed by atoms with Gasteiger partial charge in [-0.05, 0) is 24.3 Å². The van der Waals surface area contributed by atoms with E-state index in [1.165, 1.54) is 0 Å². The second-order valence-corrected chi connectivity index (χ2v) is 5.26. The number of nitrogens with zero attached hydrogens (tertiary/aromatic N) is 4. The summed E-state index contributed by atoms with van der Waals surface area (Å²) >= 11 is 0. The van der Waals surface area contributed by atoms with Crippen molar-refractivity contribution in [1.29, 1.82) is 0 Å².